The molecule has 0 saturated carbocycles. The molecule has 1 aromatic rings. The molecule has 0 aliphatic carbocycles. The number of rotatable bonds is 4. The van der Waals surface area contributed by atoms with E-state index in [-0.39, 0.29) is 5.91 Å². The van der Waals surface area contributed by atoms with Crippen LogP contribution >= 0.6 is 11.8 Å². The van der Waals surface area contributed by atoms with Crippen molar-refractivity contribution in [1.82, 2.24) is 10.3 Å². The van der Waals surface area contributed by atoms with Crippen LogP contribution in [0.3, 0.4) is 0 Å². The highest BCUT2D eigenvalue weighted by Gasteiger charge is 2.09. The number of nitrogens with one attached hydrogen (secondary N) is 1. The van der Waals surface area contributed by atoms with E-state index in [1.165, 1.54) is 36.6 Å². The smallest absolute Gasteiger partial charge is 0.238 e. The summed E-state index contributed by atoms with van der Waals surface area (Å²) in [5.74, 6) is 7.44. The summed E-state index contributed by atoms with van der Waals surface area (Å²) in [7, 11) is 0. The molecule has 5 heteroatoms. The molecule has 1 amide bonds. The molecule has 0 atom stereocenters. The first-order chi connectivity index (χ1) is 9.28. The van der Waals surface area contributed by atoms with Gasteiger partial charge in [-0.3, -0.25) is 15.1 Å². The molecular weight excluding hydrogens is 258 g/mol. The Kier molecular flexibility index (Phi) is 5.69. The number of hydrazine groups is 1. The summed E-state index contributed by atoms with van der Waals surface area (Å²) < 4.78 is 0. The molecule has 104 valence electrons. The van der Waals surface area contributed by atoms with Gasteiger partial charge < -0.3 is 0 Å². The Morgan fingerprint density at radius 1 is 1.21 bits per heavy atom. The van der Waals surface area contributed by atoms with E-state index in [0.29, 0.717) is 6.42 Å². The van der Waals surface area contributed by atoms with E-state index in [9.17, 15) is 4.79 Å². The van der Waals surface area contributed by atoms with Crippen LogP contribution in [0.15, 0.2) is 24.3 Å². The molecule has 0 aromatic heterocycles. The fourth-order valence-electron chi connectivity index (χ4n) is 2.21. The Balaban J connectivity index is 1.88. The van der Waals surface area contributed by atoms with Gasteiger partial charge in [0.05, 0.1) is 6.42 Å². The van der Waals surface area contributed by atoms with Gasteiger partial charge in [0.25, 0.3) is 0 Å². The number of carbonyl (C=O) groups is 1. The number of carbonyl (C=O) groups excluding carboxylic acids is 1. The van der Waals surface area contributed by atoms with E-state index in [1.54, 1.807) is 0 Å². The Labute approximate surface area is 118 Å². The normalized spacial score (nSPS) is 16.9. The number of nitrogens with two attached hydrogens (primary N) is 1. The maximum absolute atomic E-state index is 11.2. The lowest BCUT2D eigenvalue weighted by Crippen LogP contribution is -2.31. The fourth-order valence-corrected chi connectivity index (χ4v) is 3.14. The van der Waals surface area contributed by atoms with Crippen molar-refractivity contribution >= 4 is 17.7 Å². The molecule has 2 rings (SSSR count). The Hall–Kier alpha value is -1.04. The van der Waals surface area contributed by atoms with Crippen LogP contribution in [0.1, 0.15) is 17.5 Å². The lowest BCUT2D eigenvalue weighted by Gasteiger charge is -2.19. The average molecular weight is 279 g/mol. The molecule has 4 nitrogen and oxygen atoms in total. The molecule has 0 unspecified atom stereocenters. The minimum absolute atomic E-state index is 0.155. The highest BCUT2D eigenvalue weighted by atomic mass is 32.2. The number of benzene rings is 1. The maximum Gasteiger partial charge on any atom is 0.238 e. The van der Waals surface area contributed by atoms with Gasteiger partial charge in [0.2, 0.25) is 5.91 Å². The van der Waals surface area contributed by atoms with Gasteiger partial charge in [0.1, 0.15) is 0 Å². The van der Waals surface area contributed by atoms with Crippen LogP contribution in [0.4, 0.5) is 0 Å². The van der Waals surface area contributed by atoms with Gasteiger partial charge in [-0.05, 0) is 29.8 Å². The fraction of sp³-hybridized carbons (Fsp3) is 0.500. The van der Waals surface area contributed by atoms with Crippen LogP contribution in [0, 0.1) is 0 Å². The van der Waals surface area contributed by atoms with E-state index in [0.717, 1.165) is 12.1 Å². The average Bonchev–Trinajstić information content (AvgIpc) is 2.69. The van der Waals surface area contributed by atoms with Gasteiger partial charge >= 0.3 is 0 Å². The van der Waals surface area contributed by atoms with Crippen LogP contribution in [0.25, 0.3) is 0 Å². The van der Waals surface area contributed by atoms with Gasteiger partial charge in [-0.1, -0.05) is 24.3 Å². The molecule has 3 N–H and O–H groups in total. The summed E-state index contributed by atoms with van der Waals surface area (Å²) in [6.07, 6.45) is 1.62. The number of nitrogens with zero attached hydrogens (tertiary/aromatic N) is 1. The van der Waals surface area contributed by atoms with Crippen molar-refractivity contribution in [2.24, 2.45) is 5.84 Å². The molecule has 19 heavy (non-hydrogen) atoms. The molecule has 1 fully saturated rings. The zero-order valence-corrected chi connectivity index (χ0v) is 11.9. The molecule has 1 saturated heterocycles. The van der Waals surface area contributed by atoms with Gasteiger partial charge in [0.15, 0.2) is 0 Å². The van der Waals surface area contributed by atoms with Gasteiger partial charge in [-0.25, -0.2) is 5.84 Å². The van der Waals surface area contributed by atoms with Crippen molar-refractivity contribution in [2.75, 3.05) is 24.6 Å². The van der Waals surface area contributed by atoms with Crippen molar-refractivity contribution < 1.29 is 4.79 Å². The van der Waals surface area contributed by atoms with E-state index >= 15 is 0 Å². The van der Waals surface area contributed by atoms with Gasteiger partial charge in [-0.2, -0.15) is 11.8 Å². The number of hydrogen-bond donors (Lipinski definition) is 2. The number of thioether (sulfide) groups is 1. The molecule has 1 aliphatic rings. The summed E-state index contributed by atoms with van der Waals surface area (Å²) in [4.78, 5) is 13.7. The maximum atomic E-state index is 11.2. The molecule has 1 aromatic carbocycles. The molecule has 0 bridgehead atoms. The second-order valence-corrected chi connectivity index (χ2v) is 6.03. The zero-order chi connectivity index (χ0) is 13.5. The first kappa shape index (κ1) is 14.4. The van der Waals surface area contributed by atoms with Crippen molar-refractivity contribution in [1.29, 1.82) is 0 Å². The van der Waals surface area contributed by atoms with Crippen LogP contribution < -0.4 is 11.3 Å². The van der Waals surface area contributed by atoms with Crippen molar-refractivity contribution in [3.05, 3.63) is 35.4 Å². The van der Waals surface area contributed by atoms with Crippen molar-refractivity contribution in [2.45, 2.75) is 19.4 Å². The Morgan fingerprint density at radius 3 is 2.68 bits per heavy atom. The summed E-state index contributed by atoms with van der Waals surface area (Å²) in [5, 5.41) is 0. The van der Waals surface area contributed by atoms with E-state index in [1.807, 2.05) is 23.9 Å². The molecular formula is C14H21N3OS. The van der Waals surface area contributed by atoms with Crippen LogP contribution in [-0.4, -0.2) is 35.4 Å². The van der Waals surface area contributed by atoms with Crippen LogP contribution in [0.5, 0.6) is 0 Å². The van der Waals surface area contributed by atoms with Gasteiger partial charge in [0, 0.05) is 18.8 Å². The third-order valence-electron chi connectivity index (χ3n) is 3.27. The highest BCUT2D eigenvalue weighted by Crippen LogP contribution is 2.14. The minimum atomic E-state index is -0.155. The van der Waals surface area contributed by atoms with Crippen LogP contribution in [-0.2, 0) is 17.8 Å². The van der Waals surface area contributed by atoms with Crippen LogP contribution in [0.2, 0.25) is 0 Å². The topological polar surface area (TPSA) is 58.4 Å². The molecule has 0 radical (unpaired) electrons. The van der Waals surface area contributed by atoms with Crippen molar-refractivity contribution in [3.63, 3.8) is 0 Å². The van der Waals surface area contributed by atoms with Crippen molar-refractivity contribution in [3.8, 4) is 0 Å². The largest absolute Gasteiger partial charge is 0.298 e. The Morgan fingerprint density at radius 2 is 1.95 bits per heavy atom. The minimum Gasteiger partial charge on any atom is -0.298 e. The van der Waals surface area contributed by atoms with E-state index in [2.05, 4.69) is 22.5 Å². The SMILES string of the molecule is NNC(=O)Cc1ccc(CN2CCCSCC2)cc1. The monoisotopic (exact) mass is 279 g/mol. The second-order valence-electron chi connectivity index (χ2n) is 4.80. The standard InChI is InChI=1S/C14H21N3OS/c15-16-14(18)10-12-2-4-13(5-3-12)11-17-6-1-8-19-9-7-17/h2-5H,1,6-11,15H2,(H,16,18). The molecule has 1 aliphatic heterocycles. The van der Waals surface area contributed by atoms with E-state index < -0.39 is 0 Å². The lowest BCUT2D eigenvalue weighted by atomic mass is 10.1. The number of hydrogen-bond acceptors (Lipinski definition) is 4. The predicted octanol–water partition coefficient (Wildman–Crippen LogP) is 1.16. The molecule has 1 heterocycles. The molecule has 0 spiro atoms. The second kappa shape index (κ2) is 7.53. The summed E-state index contributed by atoms with van der Waals surface area (Å²) >= 11 is 2.04. The quantitative estimate of drug-likeness (QED) is 0.493. The summed E-state index contributed by atoms with van der Waals surface area (Å²) in [6.45, 7) is 3.36. The summed E-state index contributed by atoms with van der Waals surface area (Å²) in [6, 6.07) is 8.24. The first-order valence-electron chi connectivity index (χ1n) is 6.65. The Bertz CT molecular complexity index is 400. The van der Waals surface area contributed by atoms with E-state index in [4.69, 9.17) is 5.84 Å². The van der Waals surface area contributed by atoms with Gasteiger partial charge in [-0.15, -0.1) is 0 Å². The highest BCUT2D eigenvalue weighted by molar-refractivity contribution is 7.99. The predicted molar refractivity (Wildman–Crippen MR) is 79.7 cm³/mol. The third kappa shape index (κ3) is 4.86. The third-order valence-corrected chi connectivity index (χ3v) is 4.32. The lowest BCUT2D eigenvalue weighted by molar-refractivity contribution is -0.120. The number of amides is 1. The first-order valence-corrected chi connectivity index (χ1v) is 7.81. The summed E-state index contributed by atoms with van der Waals surface area (Å²) in [5.41, 5.74) is 4.46. The zero-order valence-electron chi connectivity index (χ0n) is 11.1.